The highest BCUT2D eigenvalue weighted by Gasteiger charge is 2.84. The zero-order valence-electron chi connectivity index (χ0n) is 57.4. The number of carbonyl (C=O) groups excluding carboxylic acids is 5. The molecule has 0 spiro atoms. The quantitative estimate of drug-likeness (QED) is 0.0601. The van der Waals surface area contributed by atoms with Crippen LogP contribution >= 0.6 is 0 Å². The highest BCUT2D eigenvalue weighted by Crippen LogP contribution is 2.73. The predicted octanol–water partition coefficient (Wildman–Crippen LogP) is 13.1. The van der Waals surface area contributed by atoms with Crippen molar-refractivity contribution >= 4 is 29.8 Å². The first-order valence-corrected chi connectivity index (χ1v) is 31.8. The van der Waals surface area contributed by atoms with E-state index in [-0.39, 0.29) is 72.3 Å². The summed E-state index contributed by atoms with van der Waals surface area (Å²) in [6.45, 7) is 31.2. The maximum Gasteiger partial charge on any atom is 0.449 e. The Morgan fingerprint density at radius 1 is 0.522 bits per heavy atom. The largest absolute Gasteiger partial charge is 0.462 e. The molecule has 3 heterocycles. The van der Waals surface area contributed by atoms with Crippen LogP contribution in [0.5, 0.6) is 0 Å². The lowest BCUT2D eigenvalue weighted by Crippen LogP contribution is -2.70. The van der Waals surface area contributed by atoms with E-state index in [0.29, 0.717) is 64.2 Å². The molecule has 5 aliphatic carbocycles. The molecule has 0 amide bonds. The van der Waals surface area contributed by atoms with Gasteiger partial charge in [-0.25, -0.2) is 0 Å². The molecule has 8 fully saturated rings. The summed E-state index contributed by atoms with van der Waals surface area (Å²) < 4.78 is 174. The molecule has 5 saturated carbocycles. The lowest BCUT2D eigenvalue weighted by molar-refractivity contribution is -0.412. The fourth-order valence-electron chi connectivity index (χ4n) is 13.1. The Labute approximate surface area is 535 Å². The van der Waals surface area contributed by atoms with Gasteiger partial charge in [0.25, 0.3) is 0 Å². The van der Waals surface area contributed by atoms with Gasteiger partial charge in [-0.2, -0.15) is 43.9 Å². The van der Waals surface area contributed by atoms with Crippen LogP contribution in [0.15, 0.2) is 0 Å². The average Bonchev–Trinajstić information content (AvgIpc) is 0.921. The molecule has 4 N–H and O–H groups in total. The molecule has 8 rings (SSSR count). The van der Waals surface area contributed by atoms with Crippen molar-refractivity contribution in [1.29, 1.82) is 0 Å². The van der Waals surface area contributed by atoms with Gasteiger partial charge in [0.2, 0.25) is 5.60 Å². The van der Waals surface area contributed by atoms with Crippen molar-refractivity contribution < 1.29 is 126 Å². The van der Waals surface area contributed by atoms with Crippen molar-refractivity contribution in [1.82, 2.24) is 0 Å². The number of carbonyl (C=O) groups is 5. The minimum Gasteiger partial charge on any atom is -0.462 e. The fraction of sp³-hybridized carbons (Fsp3) is 0.923. The van der Waals surface area contributed by atoms with Gasteiger partial charge in [0.1, 0.15) is 24.4 Å². The van der Waals surface area contributed by atoms with Crippen molar-refractivity contribution in [3.63, 3.8) is 0 Å². The zero-order valence-corrected chi connectivity index (χ0v) is 57.4. The van der Waals surface area contributed by atoms with Gasteiger partial charge >= 0.3 is 65.6 Å². The minimum absolute atomic E-state index is 0.140. The molecule has 7 unspecified atom stereocenters. The smallest absolute Gasteiger partial charge is 0.449 e. The van der Waals surface area contributed by atoms with Gasteiger partial charge in [0.15, 0.2) is 5.60 Å². The Hall–Kier alpha value is -3.63. The Kier molecular flexibility index (Phi) is 23.1. The summed E-state index contributed by atoms with van der Waals surface area (Å²) in [6, 6.07) is 0. The Bertz CT molecular complexity index is 2600. The van der Waals surface area contributed by atoms with Crippen molar-refractivity contribution in [2.45, 2.75) is 316 Å². The first-order chi connectivity index (χ1) is 41.0. The molecule has 0 aromatic heterocycles. The predicted molar refractivity (Wildman–Crippen MR) is 313 cm³/mol. The number of aliphatic hydroxyl groups is 4. The van der Waals surface area contributed by atoms with E-state index in [1.54, 1.807) is 20.8 Å². The third-order valence-corrected chi connectivity index (χ3v) is 21.6. The molecule has 8 aliphatic rings. The third kappa shape index (κ3) is 15.7. The summed E-state index contributed by atoms with van der Waals surface area (Å²) in [5.74, 6) is -20.8. The van der Waals surface area contributed by atoms with Gasteiger partial charge in [-0.15, -0.1) is 0 Å². The summed E-state index contributed by atoms with van der Waals surface area (Å²) >= 11 is 0. The first kappa shape index (κ1) is 80.8. The van der Waals surface area contributed by atoms with Gasteiger partial charge in [0, 0.05) is 10.8 Å². The topological polar surface area (TPSA) is 240 Å². The van der Waals surface area contributed by atoms with E-state index < -0.39 is 110 Å². The number of hydrogen-bond acceptors (Lipinski definition) is 17. The van der Waals surface area contributed by atoms with Crippen LogP contribution in [0.3, 0.4) is 0 Å². The van der Waals surface area contributed by atoms with E-state index in [1.165, 1.54) is 27.7 Å². The van der Waals surface area contributed by atoms with Gasteiger partial charge < -0.3 is 58.3 Å². The maximum absolute atomic E-state index is 14.7. The monoisotopic (exact) mass is 1350 g/mol. The number of rotatable bonds is 17. The van der Waals surface area contributed by atoms with Crippen LogP contribution in [0.4, 0.5) is 43.9 Å². The van der Waals surface area contributed by atoms with Gasteiger partial charge in [0.05, 0.1) is 58.1 Å². The van der Waals surface area contributed by atoms with E-state index in [0.717, 1.165) is 39.0 Å². The second kappa shape index (κ2) is 26.3. The molecule has 0 aromatic carbocycles. The fourth-order valence-corrected chi connectivity index (χ4v) is 13.1. The van der Waals surface area contributed by atoms with Crippen LogP contribution in [0.25, 0.3) is 0 Å². The second-order valence-corrected chi connectivity index (χ2v) is 31.6. The normalized spacial score (nSPS) is 33.8. The summed E-state index contributed by atoms with van der Waals surface area (Å²) in [6.07, 6.45) is -2.61. The number of ether oxygens (including phenoxy) is 8. The number of esters is 5. The number of hydrogen-bond donors (Lipinski definition) is 4. The van der Waals surface area contributed by atoms with Gasteiger partial charge in [-0.1, -0.05) is 27.7 Å². The van der Waals surface area contributed by atoms with Gasteiger partial charge in [-0.05, 0) is 213 Å². The molecular weight excluding hydrogens is 1240 g/mol. The molecule has 4 bridgehead atoms. The lowest BCUT2D eigenvalue weighted by Gasteiger charge is -2.70. The number of alkyl halides is 10. The molecule has 3 saturated heterocycles. The molecule has 27 heteroatoms. The lowest BCUT2D eigenvalue weighted by atomic mass is 9.37. The summed E-state index contributed by atoms with van der Waals surface area (Å²) in [5, 5.41) is 40.9. The Balaban J connectivity index is 0.000000271. The Morgan fingerprint density at radius 3 is 1.23 bits per heavy atom. The Morgan fingerprint density at radius 2 is 0.880 bits per heavy atom. The van der Waals surface area contributed by atoms with Gasteiger partial charge in [-0.3, -0.25) is 24.0 Å². The molecular formula is C65H104F10O17. The molecule has 536 valence electrons. The third-order valence-electron chi connectivity index (χ3n) is 21.6. The van der Waals surface area contributed by atoms with Crippen LogP contribution in [0, 0.1) is 44.3 Å². The van der Waals surface area contributed by atoms with Crippen LogP contribution in [0.2, 0.25) is 0 Å². The van der Waals surface area contributed by atoms with Crippen LogP contribution in [0.1, 0.15) is 235 Å². The molecule has 7 atom stereocenters. The molecule has 0 radical (unpaired) electrons. The summed E-state index contributed by atoms with van der Waals surface area (Å²) in [4.78, 5) is 59.4. The number of cyclic esters (lactones) is 1. The second-order valence-electron chi connectivity index (χ2n) is 31.6. The molecule has 17 nitrogen and oxygen atoms in total. The SMILES string of the molecule is CCC(C)(C)C(=O)OC1(C)COC(O)(C(F)(F)F)C1(F)F.CCC(C)(C)C(=O)OC12CC3CC(C(C)(C)O)(C1)CC(C(C)(C)O)(C3)C2.CCC(C)(C)C(=O)OC1CCC(C(C)(C)OC2(C)COC(O)(C(F)(F)F)C2(F)F)CC1.CCC(C)(C)C(=O)OC1COC(=O)C1. The maximum atomic E-state index is 14.7. The minimum atomic E-state index is -5.74. The van der Waals surface area contributed by atoms with Crippen LogP contribution in [-0.4, -0.2) is 152 Å². The van der Waals surface area contributed by atoms with Crippen molar-refractivity contribution in [2.24, 2.45) is 44.3 Å². The molecule has 0 aromatic rings. The van der Waals surface area contributed by atoms with Crippen molar-refractivity contribution in [2.75, 3.05) is 19.8 Å². The van der Waals surface area contributed by atoms with E-state index >= 15 is 0 Å². The highest BCUT2D eigenvalue weighted by atomic mass is 19.4. The van der Waals surface area contributed by atoms with E-state index in [1.807, 2.05) is 76.2 Å². The number of halogens is 10. The molecule has 3 aliphatic heterocycles. The highest BCUT2D eigenvalue weighted by molar-refractivity contribution is 5.78. The van der Waals surface area contributed by atoms with Crippen molar-refractivity contribution in [3.8, 4) is 0 Å². The van der Waals surface area contributed by atoms with E-state index in [4.69, 9.17) is 23.7 Å². The average molecular weight is 1350 g/mol. The van der Waals surface area contributed by atoms with Crippen molar-refractivity contribution in [3.05, 3.63) is 0 Å². The van der Waals surface area contributed by atoms with Crippen LogP contribution in [-0.2, 0) is 61.9 Å². The van der Waals surface area contributed by atoms with E-state index in [9.17, 15) is 88.3 Å². The first-order valence-electron chi connectivity index (χ1n) is 31.8. The summed E-state index contributed by atoms with van der Waals surface area (Å²) in [7, 11) is 0. The standard InChI is InChI=1S/C22H38O4.C21H33F5O5.C12H17F5O4.C10H16O4/c1-8-17(2,3)16(23)26-22-11-15-9-20(13-22,18(4,5)24)12-21(10-15,14-22)19(6,7)25;1-7-16(2,3)15(27)30-14-10-8-13(9-11-14)17(4,5)31-18(6)12-29-20(28,19(18,22)23)21(24,25)26;1-5-8(2,3)7(18)21-9(4)6-20-11(19,10(9,13)14)12(15,16)17;1-4-10(2,3)9(12)14-7-5-8(11)13-6-7/h15,24-25H,8-14H2,1-7H3;13-14,28H,7-12H2,1-6H3;19H,5-6H2,1-4H3;7H,4-6H2,1-3H3. The van der Waals surface area contributed by atoms with E-state index in [2.05, 4.69) is 14.2 Å². The summed E-state index contributed by atoms with van der Waals surface area (Å²) in [5.41, 5.74) is -12.4. The van der Waals surface area contributed by atoms with Crippen LogP contribution < -0.4 is 0 Å². The molecule has 92 heavy (non-hydrogen) atoms. The zero-order chi connectivity index (χ0) is 71.6.